The van der Waals surface area contributed by atoms with Crippen molar-refractivity contribution in [3.05, 3.63) is 42.2 Å². The van der Waals surface area contributed by atoms with Gasteiger partial charge in [-0.05, 0) is 52.9 Å². The maximum absolute atomic E-state index is 3.78. The zero-order valence-electron chi connectivity index (χ0n) is 8.38. The minimum absolute atomic E-state index is 0.325. The molecule has 0 aliphatic heterocycles. The second-order valence-corrected chi connectivity index (χ2v) is 7.41. The number of aryl methyl sites for hydroxylation is 2. The highest BCUT2D eigenvalue weighted by atomic mass is 79.9. The minimum Gasteiger partial charge on any atom is -0.147 e. The van der Waals surface area contributed by atoms with Crippen molar-refractivity contribution in [1.29, 1.82) is 0 Å². The van der Waals surface area contributed by atoms with Crippen LogP contribution in [0.25, 0.3) is 0 Å². The van der Waals surface area contributed by atoms with Crippen molar-refractivity contribution in [1.82, 2.24) is 0 Å². The molecule has 0 nitrogen and oxygen atoms in total. The van der Waals surface area contributed by atoms with Gasteiger partial charge in [0.2, 0.25) is 0 Å². The van der Waals surface area contributed by atoms with Gasteiger partial charge in [-0.2, -0.15) is 0 Å². The van der Waals surface area contributed by atoms with Gasteiger partial charge in [0.15, 0.2) is 0 Å². The third-order valence-electron chi connectivity index (χ3n) is 2.20. The molecule has 2 aromatic rings. The second-order valence-electron chi connectivity index (χ2n) is 3.40. The lowest BCUT2D eigenvalue weighted by Crippen LogP contribution is -1.88. The molecule has 2 heterocycles. The van der Waals surface area contributed by atoms with Gasteiger partial charge in [0.1, 0.15) is 0 Å². The third kappa shape index (κ3) is 2.38. The highest BCUT2D eigenvalue weighted by Crippen LogP contribution is 2.43. The van der Waals surface area contributed by atoms with Crippen molar-refractivity contribution >= 4 is 54.5 Å². The lowest BCUT2D eigenvalue weighted by atomic mass is 10.2. The molecule has 0 N–H and O–H groups in total. The number of thiophene rings is 2. The van der Waals surface area contributed by atoms with Crippen molar-refractivity contribution < 1.29 is 0 Å². The first-order chi connectivity index (χ1) is 7.09. The van der Waals surface area contributed by atoms with Crippen molar-refractivity contribution in [2.75, 3.05) is 0 Å². The minimum atomic E-state index is 0.325. The van der Waals surface area contributed by atoms with Crippen LogP contribution in [-0.2, 0) is 0 Å². The molecule has 0 aliphatic carbocycles. The van der Waals surface area contributed by atoms with Crippen LogP contribution in [0.3, 0.4) is 0 Å². The molecular formula is C11H10Br2S2. The smallest absolute Gasteiger partial charge is 0.0845 e. The molecule has 0 aliphatic rings. The van der Waals surface area contributed by atoms with E-state index in [-0.39, 0.29) is 0 Å². The van der Waals surface area contributed by atoms with E-state index >= 15 is 0 Å². The van der Waals surface area contributed by atoms with E-state index in [9.17, 15) is 0 Å². The fraction of sp³-hybridized carbons (Fsp3) is 0.273. The summed E-state index contributed by atoms with van der Waals surface area (Å²) in [6.07, 6.45) is 0. The van der Waals surface area contributed by atoms with Crippen molar-refractivity contribution in [3.8, 4) is 0 Å². The molecule has 4 heteroatoms. The summed E-state index contributed by atoms with van der Waals surface area (Å²) in [6, 6.07) is 4.35. The summed E-state index contributed by atoms with van der Waals surface area (Å²) in [7, 11) is 0. The molecule has 0 saturated heterocycles. The molecule has 0 bridgehead atoms. The third-order valence-corrected chi connectivity index (χ3v) is 6.84. The van der Waals surface area contributed by atoms with Crippen LogP contribution in [0.1, 0.15) is 25.0 Å². The summed E-state index contributed by atoms with van der Waals surface area (Å²) in [5.74, 6) is 0. The SMILES string of the molecule is Cc1cc(Br)c(C(Br)c2sccc2C)s1. The van der Waals surface area contributed by atoms with E-state index in [2.05, 4.69) is 63.2 Å². The van der Waals surface area contributed by atoms with Crippen LogP contribution in [0.4, 0.5) is 0 Å². The van der Waals surface area contributed by atoms with Gasteiger partial charge in [-0.15, -0.1) is 22.7 Å². The molecule has 2 rings (SSSR count). The van der Waals surface area contributed by atoms with Gasteiger partial charge in [0.25, 0.3) is 0 Å². The van der Waals surface area contributed by atoms with Crippen LogP contribution < -0.4 is 0 Å². The van der Waals surface area contributed by atoms with Gasteiger partial charge in [-0.1, -0.05) is 15.9 Å². The largest absolute Gasteiger partial charge is 0.147 e. The molecular weight excluding hydrogens is 356 g/mol. The van der Waals surface area contributed by atoms with E-state index in [4.69, 9.17) is 0 Å². The average molecular weight is 366 g/mol. The zero-order chi connectivity index (χ0) is 11.0. The fourth-order valence-electron chi connectivity index (χ4n) is 1.44. The topological polar surface area (TPSA) is 0 Å². The molecule has 80 valence electrons. The average Bonchev–Trinajstić information content (AvgIpc) is 2.71. The first-order valence-corrected chi connectivity index (χ1v) is 7.94. The summed E-state index contributed by atoms with van der Waals surface area (Å²) in [6.45, 7) is 4.30. The predicted octanol–water partition coefficient (Wildman–Crippen LogP) is 5.67. The fourth-order valence-corrected chi connectivity index (χ4v) is 5.81. The standard InChI is InChI=1S/C11H10Br2S2/c1-6-3-4-14-10(6)9(13)11-8(12)5-7(2)15-11/h3-5,9H,1-2H3. The lowest BCUT2D eigenvalue weighted by molar-refractivity contribution is 1.23. The highest BCUT2D eigenvalue weighted by molar-refractivity contribution is 9.11. The molecule has 0 spiro atoms. The van der Waals surface area contributed by atoms with E-state index < -0.39 is 0 Å². The Morgan fingerprint density at radius 3 is 2.47 bits per heavy atom. The number of halogens is 2. The summed E-state index contributed by atoms with van der Waals surface area (Å²) < 4.78 is 1.21. The Morgan fingerprint density at radius 1 is 1.27 bits per heavy atom. The first kappa shape index (κ1) is 11.8. The zero-order valence-corrected chi connectivity index (χ0v) is 13.2. The Labute approximate surface area is 115 Å². The summed E-state index contributed by atoms with van der Waals surface area (Å²) >= 11 is 11.0. The number of alkyl halides is 1. The monoisotopic (exact) mass is 364 g/mol. The molecule has 1 atom stereocenters. The quantitative estimate of drug-likeness (QED) is 0.601. The van der Waals surface area contributed by atoms with Crippen LogP contribution in [-0.4, -0.2) is 0 Å². The normalized spacial score (nSPS) is 13.1. The molecule has 0 saturated carbocycles. The van der Waals surface area contributed by atoms with E-state index in [1.807, 2.05) is 22.7 Å². The molecule has 2 aromatic heterocycles. The Morgan fingerprint density at radius 2 is 2.00 bits per heavy atom. The number of hydrogen-bond acceptors (Lipinski definition) is 2. The van der Waals surface area contributed by atoms with Crippen molar-refractivity contribution in [3.63, 3.8) is 0 Å². The van der Waals surface area contributed by atoms with Gasteiger partial charge in [-0.3, -0.25) is 0 Å². The molecule has 15 heavy (non-hydrogen) atoms. The summed E-state index contributed by atoms with van der Waals surface area (Å²) in [5.41, 5.74) is 1.36. The van der Waals surface area contributed by atoms with Crippen molar-refractivity contribution in [2.45, 2.75) is 18.7 Å². The number of rotatable bonds is 2. The maximum Gasteiger partial charge on any atom is 0.0845 e. The predicted molar refractivity (Wildman–Crippen MR) is 76.6 cm³/mol. The van der Waals surface area contributed by atoms with Gasteiger partial charge >= 0.3 is 0 Å². The molecule has 0 radical (unpaired) electrons. The van der Waals surface area contributed by atoms with E-state index in [1.54, 1.807) is 0 Å². The lowest BCUT2D eigenvalue weighted by Gasteiger charge is -2.07. The van der Waals surface area contributed by atoms with Gasteiger partial charge < -0.3 is 0 Å². The Kier molecular flexibility index (Phi) is 3.71. The molecule has 0 aromatic carbocycles. The Balaban J connectivity index is 2.40. The Bertz CT molecular complexity index is 471. The van der Waals surface area contributed by atoms with E-state index in [0.29, 0.717) is 4.83 Å². The van der Waals surface area contributed by atoms with Crippen LogP contribution in [0.15, 0.2) is 22.0 Å². The van der Waals surface area contributed by atoms with Crippen LogP contribution in [0, 0.1) is 13.8 Å². The maximum atomic E-state index is 3.78. The molecule has 0 fully saturated rings. The highest BCUT2D eigenvalue weighted by Gasteiger charge is 2.18. The molecule has 0 amide bonds. The van der Waals surface area contributed by atoms with E-state index in [0.717, 1.165) is 0 Å². The Hall–Kier alpha value is 0.360. The van der Waals surface area contributed by atoms with Crippen LogP contribution in [0.2, 0.25) is 0 Å². The second kappa shape index (κ2) is 4.70. The summed E-state index contributed by atoms with van der Waals surface area (Å²) in [4.78, 5) is 4.43. The van der Waals surface area contributed by atoms with Crippen LogP contribution in [0.5, 0.6) is 0 Å². The molecule has 1 unspecified atom stereocenters. The first-order valence-electron chi connectivity index (χ1n) is 4.53. The van der Waals surface area contributed by atoms with Gasteiger partial charge in [0, 0.05) is 19.1 Å². The van der Waals surface area contributed by atoms with Gasteiger partial charge in [-0.25, -0.2) is 0 Å². The van der Waals surface area contributed by atoms with Crippen LogP contribution >= 0.6 is 54.5 Å². The van der Waals surface area contributed by atoms with E-state index in [1.165, 1.54) is 24.7 Å². The van der Waals surface area contributed by atoms with Gasteiger partial charge in [0.05, 0.1) is 4.83 Å². The van der Waals surface area contributed by atoms with Crippen molar-refractivity contribution in [2.24, 2.45) is 0 Å². The number of hydrogen-bond donors (Lipinski definition) is 0. The summed E-state index contributed by atoms with van der Waals surface area (Å²) in [5, 5.41) is 2.15.